The van der Waals surface area contributed by atoms with E-state index in [1.54, 1.807) is 19.1 Å². The summed E-state index contributed by atoms with van der Waals surface area (Å²) in [6.45, 7) is 3.97. The van der Waals surface area contributed by atoms with Gasteiger partial charge in [-0.25, -0.2) is 13.1 Å². The zero-order valence-electron chi connectivity index (χ0n) is 10.4. The largest absolute Gasteiger partial charge is 0.398 e. The van der Waals surface area contributed by atoms with Crippen molar-refractivity contribution in [3.63, 3.8) is 0 Å². The molecule has 0 aliphatic heterocycles. The first kappa shape index (κ1) is 15.2. The van der Waals surface area contributed by atoms with Crippen LogP contribution in [0, 0.1) is 6.92 Å². The zero-order valence-corrected chi connectivity index (χ0v) is 12.8. The van der Waals surface area contributed by atoms with Crippen LogP contribution in [0.5, 0.6) is 0 Å². The van der Waals surface area contributed by atoms with Crippen LogP contribution in [0.2, 0.25) is 0 Å². The molecule has 0 saturated carbocycles. The molecule has 0 fully saturated rings. The van der Waals surface area contributed by atoms with E-state index < -0.39 is 10.0 Å². The standard InChI is InChI=1S/C12H17BrN2O2S/c1-3-4-5-6-15-18(16,17)12-8-10(13)7-11(14)9(12)2/h3-4,7-8,15H,5-6,14H2,1-2H3/b4-3+. The summed E-state index contributed by atoms with van der Waals surface area (Å²) < 4.78 is 27.4. The minimum atomic E-state index is -3.51. The third kappa shape index (κ3) is 3.83. The molecule has 0 saturated heterocycles. The Bertz CT molecular complexity index is 553. The van der Waals surface area contributed by atoms with Gasteiger partial charge in [-0.3, -0.25) is 0 Å². The van der Waals surface area contributed by atoms with E-state index in [9.17, 15) is 8.42 Å². The number of halogens is 1. The van der Waals surface area contributed by atoms with Crippen molar-refractivity contribution in [1.82, 2.24) is 4.72 Å². The lowest BCUT2D eigenvalue weighted by atomic mass is 10.2. The van der Waals surface area contributed by atoms with Crippen LogP contribution in [0.1, 0.15) is 18.9 Å². The molecule has 0 bridgehead atoms. The normalized spacial score (nSPS) is 12.2. The molecule has 1 aromatic rings. The van der Waals surface area contributed by atoms with Gasteiger partial charge in [0, 0.05) is 16.7 Å². The molecular weight excluding hydrogens is 316 g/mol. The maximum absolute atomic E-state index is 12.1. The lowest BCUT2D eigenvalue weighted by molar-refractivity contribution is 0.581. The molecule has 0 atom stereocenters. The van der Waals surface area contributed by atoms with Gasteiger partial charge in [0.2, 0.25) is 10.0 Å². The monoisotopic (exact) mass is 332 g/mol. The summed E-state index contributed by atoms with van der Waals surface area (Å²) in [5, 5.41) is 0. The highest BCUT2D eigenvalue weighted by atomic mass is 79.9. The predicted octanol–water partition coefficient (Wildman–Crippen LogP) is 2.58. The van der Waals surface area contributed by atoms with Crippen LogP contribution in [0.4, 0.5) is 5.69 Å². The molecule has 0 amide bonds. The number of sulfonamides is 1. The minimum absolute atomic E-state index is 0.217. The highest BCUT2D eigenvalue weighted by Gasteiger charge is 2.18. The highest BCUT2D eigenvalue weighted by molar-refractivity contribution is 9.10. The first-order valence-electron chi connectivity index (χ1n) is 5.55. The second-order valence-electron chi connectivity index (χ2n) is 3.87. The van der Waals surface area contributed by atoms with Crippen molar-refractivity contribution in [3.8, 4) is 0 Å². The fourth-order valence-corrected chi connectivity index (χ4v) is 3.45. The van der Waals surface area contributed by atoms with E-state index in [1.165, 1.54) is 0 Å². The van der Waals surface area contributed by atoms with Crippen LogP contribution in [0.3, 0.4) is 0 Å². The Kier molecular flexibility index (Phi) is 5.37. The van der Waals surface area contributed by atoms with Crippen LogP contribution < -0.4 is 10.5 Å². The fraction of sp³-hybridized carbons (Fsp3) is 0.333. The average molecular weight is 333 g/mol. The second-order valence-corrected chi connectivity index (χ2v) is 6.52. The lowest BCUT2D eigenvalue weighted by Gasteiger charge is -2.11. The van der Waals surface area contributed by atoms with Crippen molar-refractivity contribution >= 4 is 31.6 Å². The van der Waals surface area contributed by atoms with Gasteiger partial charge in [0.15, 0.2) is 0 Å². The second kappa shape index (κ2) is 6.36. The Morgan fingerprint density at radius 2 is 2.11 bits per heavy atom. The molecule has 0 aromatic heterocycles. The summed E-state index contributed by atoms with van der Waals surface area (Å²) in [6.07, 6.45) is 4.46. The van der Waals surface area contributed by atoms with Gasteiger partial charge in [-0.1, -0.05) is 28.1 Å². The van der Waals surface area contributed by atoms with Gasteiger partial charge in [-0.15, -0.1) is 0 Å². The van der Waals surface area contributed by atoms with Crippen LogP contribution >= 0.6 is 15.9 Å². The molecule has 0 aliphatic carbocycles. The molecule has 0 aliphatic rings. The third-order valence-corrected chi connectivity index (χ3v) is 4.54. The first-order valence-corrected chi connectivity index (χ1v) is 7.82. The van der Waals surface area contributed by atoms with E-state index in [0.717, 1.165) is 0 Å². The quantitative estimate of drug-likeness (QED) is 0.494. The Morgan fingerprint density at radius 3 is 2.72 bits per heavy atom. The van der Waals surface area contributed by atoms with Crippen molar-refractivity contribution in [2.45, 2.75) is 25.2 Å². The topological polar surface area (TPSA) is 72.2 Å². The SMILES string of the molecule is C/C=C/CCNS(=O)(=O)c1cc(Br)cc(N)c1C. The van der Waals surface area contributed by atoms with Crippen molar-refractivity contribution in [2.24, 2.45) is 0 Å². The fourth-order valence-electron chi connectivity index (χ4n) is 1.47. The Labute approximate surface area is 116 Å². The molecule has 3 N–H and O–H groups in total. The molecule has 0 radical (unpaired) electrons. The summed E-state index contributed by atoms with van der Waals surface area (Å²) in [5.41, 5.74) is 6.78. The maximum atomic E-state index is 12.1. The first-order chi connectivity index (χ1) is 8.38. The molecule has 0 heterocycles. The molecule has 100 valence electrons. The Hall–Kier alpha value is -0.850. The van der Waals surface area contributed by atoms with E-state index in [1.807, 2.05) is 19.1 Å². The van der Waals surface area contributed by atoms with Crippen molar-refractivity contribution < 1.29 is 8.42 Å². The third-order valence-electron chi connectivity index (χ3n) is 2.49. The molecule has 1 aromatic carbocycles. The summed E-state index contributed by atoms with van der Waals surface area (Å²) in [4.78, 5) is 0.217. The number of rotatable bonds is 5. The Morgan fingerprint density at radius 1 is 1.44 bits per heavy atom. The van der Waals surface area contributed by atoms with Gasteiger partial charge in [0.05, 0.1) is 4.90 Å². The summed E-state index contributed by atoms with van der Waals surface area (Å²) in [5.74, 6) is 0. The summed E-state index contributed by atoms with van der Waals surface area (Å²) in [6, 6.07) is 3.25. The van der Waals surface area contributed by atoms with E-state index in [4.69, 9.17) is 5.73 Å². The van der Waals surface area contributed by atoms with Crippen LogP contribution in [0.15, 0.2) is 33.7 Å². The molecular formula is C12H17BrN2O2S. The number of hydrogen-bond acceptors (Lipinski definition) is 3. The maximum Gasteiger partial charge on any atom is 0.240 e. The van der Waals surface area contributed by atoms with Crippen LogP contribution in [0.25, 0.3) is 0 Å². The van der Waals surface area contributed by atoms with Crippen molar-refractivity contribution in [2.75, 3.05) is 12.3 Å². The van der Waals surface area contributed by atoms with Gasteiger partial charge in [-0.05, 0) is 38.0 Å². The van der Waals surface area contributed by atoms with Gasteiger partial charge >= 0.3 is 0 Å². The number of allylic oxidation sites excluding steroid dienone is 1. The molecule has 0 unspecified atom stereocenters. The molecule has 1 rings (SSSR count). The van der Waals surface area contributed by atoms with E-state index in [-0.39, 0.29) is 4.90 Å². The number of hydrogen-bond donors (Lipinski definition) is 2. The highest BCUT2D eigenvalue weighted by Crippen LogP contribution is 2.26. The van der Waals surface area contributed by atoms with Crippen LogP contribution in [-0.4, -0.2) is 15.0 Å². The van der Waals surface area contributed by atoms with Crippen molar-refractivity contribution in [3.05, 3.63) is 34.3 Å². The zero-order chi connectivity index (χ0) is 13.8. The van der Waals surface area contributed by atoms with Gasteiger partial charge < -0.3 is 5.73 Å². The summed E-state index contributed by atoms with van der Waals surface area (Å²) in [7, 11) is -3.51. The van der Waals surface area contributed by atoms with Gasteiger partial charge in [-0.2, -0.15) is 0 Å². The minimum Gasteiger partial charge on any atom is -0.398 e. The number of benzene rings is 1. The Balaban J connectivity index is 2.98. The van der Waals surface area contributed by atoms with Gasteiger partial charge in [0.1, 0.15) is 0 Å². The summed E-state index contributed by atoms with van der Waals surface area (Å²) >= 11 is 3.25. The average Bonchev–Trinajstić information content (AvgIpc) is 2.29. The lowest BCUT2D eigenvalue weighted by Crippen LogP contribution is -2.25. The number of nitrogen functional groups attached to an aromatic ring is 1. The smallest absolute Gasteiger partial charge is 0.240 e. The van der Waals surface area contributed by atoms with Gasteiger partial charge in [0.25, 0.3) is 0 Å². The molecule has 0 spiro atoms. The number of anilines is 1. The van der Waals surface area contributed by atoms with E-state index in [0.29, 0.717) is 28.7 Å². The molecule has 18 heavy (non-hydrogen) atoms. The predicted molar refractivity (Wildman–Crippen MR) is 77.9 cm³/mol. The van der Waals surface area contributed by atoms with E-state index in [2.05, 4.69) is 20.7 Å². The number of nitrogens with one attached hydrogen (secondary N) is 1. The number of nitrogens with two attached hydrogens (primary N) is 1. The van der Waals surface area contributed by atoms with E-state index >= 15 is 0 Å². The molecule has 6 heteroatoms. The van der Waals surface area contributed by atoms with Crippen LogP contribution in [-0.2, 0) is 10.0 Å². The van der Waals surface area contributed by atoms with Crippen molar-refractivity contribution in [1.29, 1.82) is 0 Å². The molecule has 4 nitrogen and oxygen atoms in total.